The molecule has 1 heterocycles. The number of nitrogens with one attached hydrogen (secondary N) is 1. The van der Waals surface area contributed by atoms with E-state index < -0.39 is 24.0 Å². The Morgan fingerprint density at radius 1 is 1.29 bits per heavy atom. The predicted molar refractivity (Wildman–Crippen MR) is 67.4 cm³/mol. The van der Waals surface area contributed by atoms with E-state index in [1.54, 1.807) is 0 Å². The second-order valence-electron chi connectivity index (χ2n) is 4.72. The van der Waals surface area contributed by atoms with E-state index >= 15 is 0 Å². The second kappa shape index (κ2) is 6.59. The Bertz CT molecular complexity index is 476. The predicted octanol–water partition coefficient (Wildman–Crippen LogP) is 1.66. The standard InChI is InChI=1S/C13H16F4N2O2/c14-11-2-1-9(21-13(15,16)17)7-10(11)12(8-20)19-5-3-18-4-6-19/h1-2,7,12,18,20H,3-6,8H2/t12-/m0/s1. The third-order valence-corrected chi connectivity index (χ3v) is 3.33. The Morgan fingerprint density at radius 2 is 1.95 bits per heavy atom. The van der Waals surface area contributed by atoms with Crippen LogP contribution in [0.1, 0.15) is 11.6 Å². The highest BCUT2D eigenvalue weighted by molar-refractivity contribution is 5.32. The minimum atomic E-state index is -4.83. The summed E-state index contributed by atoms with van der Waals surface area (Å²) in [6, 6.07) is 2.13. The maximum Gasteiger partial charge on any atom is 0.573 e. The monoisotopic (exact) mass is 308 g/mol. The van der Waals surface area contributed by atoms with E-state index in [1.165, 1.54) is 0 Å². The summed E-state index contributed by atoms with van der Waals surface area (Å²) in [4.78, 5) is 1.83. The number of rotatable bonds is 4. The quantitative estimate of drug-likeness (QED) is 0.831. The highest BCUT2D eigenvalue weighted by Crippen LogP contribution is 2.30. The van der Waals surface area contributed by atoms with E-state index in [9.17, 15) is 22.7 Å². The molecule has 0 aliphatic carbocycles. The first-order valence-electron chi connectivity index (χ1n) is 6.51. The minimum Gasteiger partial charge on any atom is -0.406 e. The molecule has 0 radical (unpaired) electrons. The zero-order chi connectivity index (χ0) is 15.5. The van der Waals surface area contributed by atoms with E-state index in [0.717, 1.165) is 18.2 Å². The molecule has 0 unspecified atom stereocenters. The normalized spacial score (nSPS) is 18.5. The van der Waals surface area contributed by atoms with Crippen LogP contribution in [0.4, 0.5) is 17.6 Å². The zero-order valence-electron chi connectivity index (χ0n) is 11.2. The van der Waals surface area contributed by atoms with Crippen molar-refractivity contribution in [3.63, 3.8) is 0 Å². The average Bonchev–Trinajstić information content (AvgIpc) is 2.43. The number of nitrogens with zero attached hydrogens (tertiary/aromatic N) is 1. The molecule has 1 aliphatic heterocycles. The molecule has 21 heavy (non-hydrogen) atoms. The summed E-state index contributed by atoms with van der Waals surface area (Å²) in [6.07, 6.45) is -4.83. The van der Waals surface area contributed by atoms with Gasteiger partial charge in [-0.1, -0.05) is 0 Å². The highest BCUT2D eigenvalue weighted by atomic mass is 19.4. The lowest BCUT2D eigenvalue weighted by Crippen LogP contribution is -2.46. The molecule has 2 rings (SSSR count). The van der Waals surface area contributed by atoms with Gasteiger partial charge in [-0.3, -0.25) is 4.90 Å². The molecule has 2 N–H and O–H groups in total. The molecule has 0 amide bonds. The summed E-state index contributed by atoms with van der Waals surface area (Å²) in [5, 5.41) is 12.6. The van der Waals surface area contributed by atoms with Gasteiger partial charge in [-0.05, 0) is 18.2 Å². The summed E-state index contributed by atoms with van der Waals surface area (Å²) in [7, 11) is 0. The number of piperazine rings is 1. The third kappa shape index (κ3) is 4.29. The first-order chi connectivity index (χ1) is 9.90. The van der Waals surface area contributed by atoms with E-state index in [1.807, 2.05) is 4.90 Å². The number of aliphatic hydroxyl groups is 1. The molecule has 1 aliphatic rings. The Hall–Kier alpha value is -1.38. The number of alkyl halides is 3. The summed E-state index contributed by atoms with van der Waals surface area (Å²) in [5.74, 6) is -1.16. The lowest BCUT2D eigenvalue weighted by Gasteiger charge is -2.34. The SMILES string of the molecule is OC[C@@H](c1cc(OC(F)(F)F)ccc1F)N1CCNCC1. The number of benzene rings is 1. The van der Waals surface area contributed by atoms with Crippen LogP contribution >= 0.6 is 0 Å². The molecule has 8 heteroatoms. The number of ether oxygens (including phenoxy) is 1. The fourth-order valence-electron chi connectivity index (χ4n) is 2.38. The lowest BCUT2D eigenvalue weighted by atomic mass is 10.0. The van der Waals surface area contributed by atoms with Crippen LogP contribution in [0, 0.1) is 5.82 Å². The molecule has 0 bridgehead atoms. The van der Waals surface area contributed by atoms with Crippen LogP contribution in [0.5, 0.6) is 5.75 Å². The fourth-order valence-corrected chi connectivity index (χ4v) is 2.38. The van der Waals surface area contributed by atoms with Gasteiger partial charge in [0.05, 0.1) is 12.6 Å². The Kier molecular flexibility index (Phi) is 5.02. The van der Waals surface area contributed by atoms with E-state index in [4.69, 9.17) is 0 Å². The summed E-state index contributed by atoms with van der Waals surface area (Å²) < 4.78 is 54.4. The highest BCUT2D eigenvalue weighted by Gasteiger charge is 2.32. The molecule has 1 aromatic carbocycles. The molecule has 1 fully saturated rings. The molecule has 4 nitrogen and oxygen atoms in total. The van der Waals surface area contributed by atoms with Crippen molar-refractivity contribution in [1.82, 2.24) is 10.2 Å². The van der Waals surface area contributed by atoms with Gasteiger partial charge in [0, 0.05) is 31.7 Å². The van der Waals surface area contributed by atoms with Gasteiger partial charge in [0.25, 0.3) is 0 Å². The number of hydrogen-bond donors (Lipinski definition) is 2. The van der Waals surface area contributed by atoms with Crippen molar-refractivity contribution in [2.75, 3.05) is 32.8 Å². The number of hydrogen-bond acceptors (Lipinski definition) is 4. The molecular weight excluding hydrogens is 292 g/mol. The van der Waals surface area contributed by atoms with E-state index in [0.29, 0.717) is 26.2 Å². The smallest absolute Gasteiger partial charge is 0.406 e. The zero-order valence-corrected chi connectivity index (χ0v) is 11.2. The average molecular weight is 308 g/mol. The molecule has 1 aromatic rings. The largest absolute Gasteiger partial charge is 0.573 e. The molecular formula is C13H16F4N2O2. The molecule has 1 atom stereocenters. The van der Waals surface area contributed by atoms with Crippen molar-refractivity contribution in [2.24, 2.45) is 0 Å². The molecule has 1 saturated heterocycles. The maximum atomic E-state index is 13.9. The van der Waals surface area contributed by atoms with Gasteiger partial charge in [-0.25, -0.2) is 4.39 Å². The maximum absolute atomic E-state index is 13.9. The summed E-state index contributed by atoms with van der Waals surface area (Å²) >= 11 is 0. The third-order valence-electron chi connectivity index (χ3n) is 3.33. The second-order valence-corrected chi connectivity index (χ2v) is 4.72. The first-order valence-corrected chi connectivity index (χ1v) is 6.51. The summed E-state index contributed by atoms with van der Waals surface area (Å²) in [6.45, 7) is 2.13. The van der Waals surface area contributed by atoms with Crippen molar-refractivity contribution in [3.05, 3.63) is 29.6 Å². The molecule has 0 spiro atoms. The van der Waals surface area contributed by atoms with Crippen molar-refractivity contribution < 1.29 is 27.4 Å². The molecule has 0 aromatic heterocycles. The molecule has 0 saturated carbocycles. The van der Waals surface area contributed by atoms with Crippen molar-refractivity contribution in [3.8, 4) is 5.75 Å². The number of halogens is 4. The van der Waals surface area contributed by atoms with Crippen LogP contribution < -0.4 is 10.1 Å². The first kappa shape index (κ1) is 16.0. The van der Waals surface area contributed by atoms with E-state index in [2.05, 4.69) is 10.1 Å². The van der Waals surface area contributed by atoms with Gasteiger partial charge in [0.1, 0.15) is 11.6 Å². The van der Waals surface area contributed by atoms with Crippen LogP contribution in [-0.2, 0) is 0 Å². The van der Waals surface area contributed by atoms with Crippen LogP contribution in [-0.4, -0.2) is 49.2 Å². The van der Waals surface area contributed by atoms with Gasteiger partial charge in [0.15, 0.2) is 0 Å². The Morgan fingerprint density at radius 3 is 2.52 bits per heavy atom. The Balaban J connectivity index is 2.24. The van der Waals surface area contributed by atoms with E-state index in [-0.39, 0.29) is 12.2 Å². The fraction of sp³-hybridized carbons (Fsp3) is 0.538. The van der Waals surface area contributed by atoms with Gasteiger partial charge >= 0.3 is 6.36 Å². The van der Waals surface area contributed by atoms with Gasteiger partial charge in [-0.2, -0.15) is 0 Å². The van der Waals surface area contributed by atoms with Crippen LogP contribution in [0.3, 0.4) is 0 Å². The number of aliphatic hydroxyl groups excluding tert-OH is 1. The van der Waals surface area contributed by atoms with Gasteiger partial charge in [-0.15, -0.1) is 13.2 Å². The van der Waals surface area contributed by atoms with Crippen LogP contribution in [0.15, 0.2) is 18.2 Å². The van der Waals surface area contributed by atoms with Crippen LogP contribution in [0.2, 0.25) is 0 Å². The Labute approximate surface area is 119 Å². The minimum absolute atomic E-state index is 0.00106. The van der Waals surface area contributed by atoms with Gasteiger partial charge < -0.3 is 15.2 Å². The van der Waals surface area contributed by atoms with Crippen molar-refractivity contribution >= 4 is 0 Å². The van der Waals surface area contributed by atoms with Crippen molar-refractivity contribution in [1.29, 1.82) is 0 Å². The molecule has 118 valence electrons. The van der Waals surface area contributed by atoms with Crippen molar-refractivity contribution in [2.45, 2.75) is 12.4 Å². The van der Waals surface area contributed by atoms with Gasteiger partial charge in [0.2, 0.25) is 0 Å². The lowest BCUT2D eigenvalue weighted by molar-refractivity contribution is -0.274. The summed E-state index contributed by atoms with van der Waals surface area (Å²) in [5.41, 5.74) is 0.00106. The van der Waals surface area contributed by atoms with Crippen LogP contribution in [0.25, 0.3) is 0 Å². The topological polar surface area (TPSA) is 44.7 Å².